The summed E-state index contributed by atoms with van der Waals surface area (Å²) in [5.41, 5.74) is 4.35. The largest absolute Gasteiger partial charge is 0.0765 e. The molecule has 0 fully saturated rings. The van der Waals surface area contributed by atoms with Crippen LogP contribution in [0.15, 0.2) is 54.6 Å². The van der Waals surface area contributed by atoms with Gasteiger partial charge in [0.2, 0.25) is 0 Å². The molecule has 3 aromatic rings. The Hall–Kier alpha value is -2.08. The molecule has 4 rings (SSSR count). The lowest BCUT2D eigenvalue weighted by Gasteiger charge is -2.10. The molecule has 0 unspecified atom stereocenters. The molecule has 0 N–H and O–H groups in total. The van der Waals surface area contributed by atoms with Gasteiger partial charge in [-0.1, -0.05) is 54.6 Å². The Morgan fingerprint density at radius 1 is 0.778 bits per heavy atom. The Morgan fingerprint density at radius 2 is 1.61 bits per heavy atom. The zero-order chi connectivity index (χ0) is 12.1. The molecule has 0 aliphatic heterocycles. The molecule has 0 bridgehead atoms. The van der Waals surface area contributed by atoms with E-state index in [9.17, 15) is 0 Å². The zero-order valence-electron chi connectivity index (χ0n) is 10.4. The fourth-order valence-corrected chi connectivity index (χ4v) is 3.13. The van der Waals surface area contributed by atoms with Crippen LogP contribution in [0.4, 0.5) is 0 Å². The highest BCUT2D eigenvalue weighted by Gasteiger charge is 2.14. The van der Waals surface area contributed by atoms with Crippen molar-refractivity contribution in [3.8, 4) is 0 Å². The summed E-state index contributed by atoms with van der Waals surface area (Å²) >= 11 is 0. The van der Waals surface area contributed by atoms with E-state index in [1.165, 1.54) is 38.2 Å². The van der Waals surface area contributed by atoms with Crippen LogP contribution >= 0.6 is 0 Å². The van der Waals surface area contributed by atoms with Gasteiger partial charge in [0, 0.05) is 0 Å². The normalized spacial score (nSPS) is 13.9. The van der Waals surface area contributed by atoms with Crippen LogP contribution in [0, 0.1) is 0 Å². The average Bonchev–Trinajstić information content (AvgIpc) is 2.80. The van der Waals surface area contributed by atoms with Gasteiger partial charge < -0.3 is 0 Å². The topological polar surface area (TPSA) is 0 Å². The van der Waals surface area contributed by atoms with Crippen LogP contribution in [0.2, 0.25) is 0 Å². The van der Waals surface area contributed by atoms with Gasteiger partial charge >= 0.3 is 0 Å². The minimum Gasteiger partial charge on any atom is -0.0765 e. The second-order valence-corrected chi connectivity index (χ2v) is 5.07. The van der Waals surface area contributed by atoms with Crippen molar-refractivity contribution in [1.29, 1.82) is 0 Å². The monoisotopic (exact) mass is 230 g/mol. The predicted octanol–water partition coefficient (Wildman–Crippen LogP) is 4.95. The van der Waals surface area contributed by atoms with Gasteiger partial charge in [-0.2, -0.15) is 0 Å². The van der Waals surface area contributed by atoms with Crippen molar-refractivity contribution >= 4 is 27.1 Å². The summed E-state index contributed by atoms with van der Waals surface area (Å²) < 4.78 is 0. The molecule has 86 valence electrons. The van der Waals surface area contributed by atoms with Gasteiger partial charge in [-0.15, -0.1) is 0 Å². The number of rotatable bonds is 0. The van der Waals surface area contributed by atoms with E-state index >= 15 is 0 Å². The van der Waals surface area contributed by atoms with Crippen LogP contribution < -0.4 is 0 Å². The van der Waals surface area contributed by atoms with Gasteiger partial charge in [-0.3, -0.25) is 0 Å². The van der Waals surface area contributed by atoms with Gasteiger partial charge in [0.05, 0.1) is 0 Å². The quantitative estimate of drug-likeness (QED) is 0.479. The Morgan fingerprint density at radius 3 is 2.56 bits per heavy atom. The summed E-state index contributed by atoms with van der Waals surface area (Å²) in [5.74, 6) is 0. The number of benzene rings is 3. The zero-order valence-corrected chi connectivity index (χ0v) is 10.4. The maximum atomic E-state index is 2.33. The van der Waals surface area contributed by atoms with Crippen LogP contribution in [0.5, 0.6) is 0 Å². The Balaban J connectivity index is 2.23. The highest BCUT2D eigenvalue weighted by molar-refractivity contribution is 6.11. The molecule has 0 nitrogen and oxygen atoms in total. The van der Waals surface area contributed by atoms with Gasteiger partial charge in [0.15, 0.2) is 0 Å². The number of fused-ring (bicyclic) bond motifs is 5. The van der Waals surface area contributed by atoms with Crippen molar-refractivity contribution in [3.63, 3.8) is 0 Å². The second-order valence-electron chi connectivity index (χ2n) is 5.07. The first-order valence-electron chi connectivity index (χ1n) is 6.45. The second kappa shape index (κ2) is 3.46. The maximum Gasteiger partial charge on any atom is -0.00852 e. The summed E-state index contributed by atoms with van der Waals surface area (Å²) in [7, 11) is 0. The van der Waals surface area contributed by atoms with Crippen LogP contribution in [-0.4, -0.2) is 0 Å². The van der Waals surface area contributed by atoms with Crippen molar-refractivity contribution in [2.75, 3.05) is 0 Å². The summed E-state index contributed by atoms with van der Waals surface area (Å²) in [4.78, 5) is 0. The standard InChI is InChI=1S/C18H14/c1-12-6-7-14-9-10-16-15-5-3-2-4-13(15)8-11-17(16)18(12)14/h2-6,8-11H,7H2,1H3. The van der Waals surface area contributed by atoms with Crippen LogP contribution in [0.3, 0.4) is 0 Å². The van der Waals surface area contributed by atoms with Crippen LogP contribution in [0.1, 0.15) is 18.1 Å². The molecule has 18 heavy (non-hydrogen) atoms. The molecule has 1 aliphatic carbocycles. The van der Waals surface area contributed by atoms with Crippen molar-refractivity contribution in [3.05, 3.63) is 65.7 Å². The van der Waals surface area contributed by atoms with Crippen molar-refractivity contribution in [2.24, 2.45) is 0 Å². The minimum atomic E-state index is 1.09. The lowest BCUT2D eigenvalue weighted by molar-refractivity contribution is 1.32. The molecule has 0 heterocycles. The first kappa shape index (κ1) is 9.90. The molecule has 0 amide bonds. The van der Waals surface area contributed by atoms with E-state index in [2.05, 4.69) is 61.5 Å². The molecule has 0 saturated heterocycles. The van der Waals surface area contributed by atoms with Gasteiger partial charge in [-0.05, 0) is 51.6 Å². The minimum absolute atomic E-state index is 1.09. The molecule has 0 heteroatoms. The summed E-state index contributed by atoms with van der Waals surface area (Å²) in [6.07, 6.45) is 3.42. The summed E-state index contributed by atoms with van der Waals surface area (Å²) in [6.45, 7) is 2.22. The third kappa shape index (κ3) is 1.20. The third-order valence-corrected chi connectivity index (χ3v) is 4.03. The average molecular weight is 230 g/mol. The Bertz CT molecular complexity index is 807. The highest BCUT2D eigenvalue weighted by atomic mass is 14.2. The van der Waals surface area contributed by atoms with Crippen LogP contribution in [0.25, 0.3) is 27.1 Å². The van der Waals surface area contributed by atoms with E-state index in [1.54, 1.807) is 0 Å². The number of hydrogen-bond acceptors (Lipinski definition) is 0. The molecule has 0 aromatic heterocycles. The lowest BCUT2D eigenvalue weighted by atomic mass is 9.94. The lowest BCUT2D eigenvalue weighted by Crippen LogP contribution is -1.87. The van der Waals surface area contributed by atoms with E-state index < -0.39 is 0 Å². The Labute approximate surface area is 107 Å². The fraction of sp³-hybridized carbons (Fsp3) is 0.111. The molecule has 3 aromatic carbocycles. The van der Waals surface area contributed by atoms with E-state index in [0.717, 1.165) is 6.42 Å². The summed E-state index contributed by atoms with van der Waals surface area (Å²) in [6, 6.07) is 17.7. The number of allylic oxidation sites excluding steroid dienone is 2. The fourth-order valence-electron chi connectivity index (χ4n) is 3.13. The van der Waals surface area contributed by atoms with Gasteiger partial charge in [0.25, 0.3) is 0 Å². The maximum absolute atomic E-state index is 2.33. The van der Waals surface area contributed by atoms with Crippen LogP contribution in [-0.2, 0) is 6.42 Å². The summed E-state index contributed by atoms with van der Waals surface area (Å²) in [5, 5.41) is 5.46. The van der Waals surface area contributed by atoms with E-state index in [-0.39, 0.29) is 0 Å². The molecule has 0 atom stereocenters. The van der Waals surface area contributed by atoms with E-state index in [4.69, 9.17) is 0 Å². The first-order valence-corrected chi connectivity index (χ1v) is 6.45. The van der Waals surface area contributed by atoms with Crippen molar-refractivity contribution in [2.45, 2.75) is 13.3 Å². The highest BCUT2D eigenvalue weighted by Crippen LogP contribution is 2.36. The van der Waals surface area contributed by atoms with Gasteiger partial charge in [-0.25, -0.2) is 0 Å². The van der Waals surface area contributed by atoms with E-state index in [1.807, 2.05) is 0 Å². The number of hydrogen-bond donors (Lipinski definition) is 0. The molecular formula is C18H14. The molecular weight excluding hydrogens is 216 g/mol. The third-order valence-electron chi connectivity index (χ3n) is 4.03. The first-order chi connectivity index (χ1) is 8.84. The SMILES string of the molecule is CC1=CCc2ccc3c(ccc4ccccc43)c21. The molecule has 0 spiro atoms. The van der Waals surface area contributed by atoms with Gasteiger partial charge in [0.1, 0.15) is 0 Å². The Kier molecular flexibility index (Phi) is 1.90. The van der Waals surface area contributed by atoms with Crippen molar-refractivity contribution in [1.82, 2.24) is 0 Å². The smallest absolute Gasteiger partial charge is 0.00852 e. The predicted molar refractivity (Wildman–Crippen MR) is 78.8 cm³/mol. The molecule has 0 radical (unpaired) electrons. The molecule has 1 aliphatic rings. The molecule has 0 saturated carbocycles. The van der Waals surface area contributed by atoms with E-state index in [0.29, 0.717) is 0 Å². The van der Waals surface area contributed by atoms with Crippen molar-refractivity contribution < 1.29 is 0 Å².